The molecule has 0 aliphatic carbocycles. The van der Waals surface area contributed by atoms with Crippen LogP contribution >= 0.6 is 15.9 Å². The summed E-state index contributed by atoms with van der Waals surface area (Å²) < 4.78 is 0.983. The van der Waals surface area contributed by atoms with Crippen LogP contribution in [0.4, 0.5) is 5.69 Å². The molecule has 2 saturated heterocycles. The van der Waals surface area contributed by atoms with Gasteiger partial charge in [-0.15, -0.1) is 0 Å². The molecule has 5 heteroatoms. The minimum absolute atomic E-state index is 0.638. The first-order valence-electron chi connectivity index (χ1n) is 7.35. The van der Waals surface area contributed by atoms with Crippen molar-refractivity contribution < 1.29 is 0 Å². The Balaban J connectivity index is 1.70. The molecule has 2 aliphatic rings. The number of nitrogens with one attached hydrogen (secondary N) is 1. The summed E-state index contributed by atoms with van der Waals surface area (Å²) in [6.45, 7) is 3.36. The highest BCUT2D eigenvalue weighted by Crippen LogP contribution is 2.34. The lowest BCUT2D eigenvalue weighted by atomic mass is 10.1. The molecule has 2 aromatic heterocycles. The zero-order valence-electron chi connectivity index (χ0n) is 11.7. The molecular weight excluding hydrogens is 328 g/mol. The Morgan fingerprint density at radius 1 is 1.29 bits per heavy atom. The fraction of sp³-hybridized carbons (Fsp3) is 0.375. The number of anilines is 1. The maximum atomic E-state index is 4.61. The van der Waals surface area contributed by atoms with Crippen LogP contribution in [0.1, 0.15) is 6.42 Å². The minimum Gasteiger partial charge on any atom is -0.368 e. The van der Waals surface area contributed by atoms with Gasteiger partial charge in [0.2, 0.25) is 0 Å². The van der Waals surface area contributed by atoms with Crippen molar-refractivity contribution in [2.75, 3.05) is 24.5 Å². The predicted molar refractivity (Wildman–Crippen MR) is 87.3 cm³/mol. The summed E-state index contributed by atoms with van der Waals surface area (Å²) in [5, 5.41) is 3.60. The standard InChI is InChI=1S/C16H17BrN4/c17-13-6-12(7-18-8-13)16-15(2-1-4-20-16)21-9-11-3-5-19-14(11)10-21/h1-2,4,6-8,11,14,19H,3,5,9-10H2/t11-,14+/m1/s1. The molecule has 2 fully saturated rings. The summed E-state index contributed by atoms with van der Waals surface area (Å²) in [5.41, 5.74) is 3.30. The summed E-state index contributed by atoms with van der Waals surface area (Å²) >= 11 is 3.49. The average Bonchev–Trinajstić information content (AvgIpc) is 3.08. The Bertz CT molecular complexity index is 648. The second-order valence-corrected chi connectivity index (χ2v) is 6.69. The molecule has 108 valence electrons. The number of aromatic nitrogens is 2. The summed E-state index contributed by atoms with van der Waals surface area (Å²) in [6, 6.07) is 6.91. The molecule has 4 rings (SSSR count). The quantitative estimate of drug-likeness (QED) is 0.909. The van der Waals surface area contributed by atoms with Crippen molar-refractivity contribution in [2.24, 2.45) is 5.92 Å². The largest absolute Gasteiger partial charge is 0.368 e. The van der Waals surface area contributed by atoms with E-state index in [0.29, 0.717) is 6.04 Å². The molecule has 4 nitrogen and oxygen atoms in total. The van der Waals surface area contributed by atoms with Gasteiger partial charge >= 0.3 is 0 Å². The summed E-state index contributed by atoms with van der Waals surface area (Å²) in [4.78, 5) is 11.3. The lowest BCUT2D eigenvalue weighted by molar-refractivity contribution is 0.556. The molecule has 0 radical (unpaired) electrons. The second kappa shape index (κ2) is 5.39. The highest BCUT2D eigenvalue weighted by atomic mass is 79.9. The van der Waals surface area contributed by atoms with Crippen LogP contribution in [0.3, 0.4) is 0 Å². The average molecular weight is 345 g/mol. The third kappa shape index (κ3) is 2.45. The smallest absolute Gasteiger partial charge is 0.0951 e. The maximum absolute atomic E-state index is 4.61. The van der Waals surface area contributed by atoms with Gasteiger partial charge in [-0.05, 0) is 53.0 Å². The molecule has 4 heterocycles. The van der Waals surface area contributed by atoms with Crippen LogP contribution in [0.25, 0.3) is 11.3 Å². The molecule has 0 amide bonds. The normalized spacial score (nSPS) is 24.3. The third-order valence-electron chi connectivity index (χ3n) is 4.47. The Morgan fingerprint density at radius 3 is 3.10 bits per heavy atom. The van der Waals surface area contributed by atoms with Gasteiger partial charge in [-0.3, -0.25) is 9.97 Å². The Morgan fingerprint density at radius 2 is 2.24 bits per heavy atom. The van der Waals surface area contributed by atoms with Crippen LogP contribution in [0.2, 0.25) is 0 Å². The summed E-state index contributed by atoms with van der Waals surface area (Å²) in [7, 11) is 0. The van der Waals surface area contributed by atoms with E-state index in [9.17, 15) is 0 Å². The van der Waals surface area contributed by atoms with Crippen LogP contribution < -0.4 is 10.2 Å². The zero-order chi connectivity index (χ0) is 14.2. The highest BCUT2D eigenvalue weighted by Gasteiger charge is 2.36. The fourth-order valence-corrected chi connectivity index (χ4v) is 3.83. The second-order valence-electron chi connectivity index (χ2n) is 5.78. The molecular formula is C16H17BrN4. The van der Waals surface area contributed by atoms with E-state index in [2.05, 4.69) is 48.2 Å². The van der Waals surface area contributed by atoms with Crippen LogP contribution in [0.15, 0.2) is 41.3 Å². The van der Waals surface area contributed by atoms with E-state index in [1.54, 1.807) is 6.20 Å². The number of hydrogen-bond donors (Lipinski definition) is 1. The van der Waals surface area contributed by atoms with Crippen LogP contribution in [-0.2, 0) is 0 Å². The van der Waals surface area contributed by atoms with Crippen LogP contribution in [0.5, 0.6) is 0 Å². The number of pyridine rings is 2. The molecule has 1 N–H and O–H groups in total. The lowest BCUT2D eigenvalue weighted by Gasteiger charge is -2.22. The monoisotopic (exact) mass is 344 g/mol. The van der Waals surface area contributed by atoms with Gasteiger partial charge in [0.05, 0.1) is 11.4 Å². The van der Waals surface area contributed by atoms with Crippen molar-refractivity contribution in [3.05, 3.63) is 41.3 Å². The van der Waals surface area contributed by atoms with Crippen molar-refractivity contribution in [1.82, 2.24) is 15.3 Å². The predicted octanol–water partition coefficient (Wildman–Crippen LogP) is 2.70. The lowest BCUT2D eigenvalue weighted by Crippen LogP contribution is -2.30. The number of nitrogens with zero attached hydrogens (tertiary/aromatic N) is 3. The van der Waals surface area contributed by atoms with E-state index in [4.69, 9.17) is 0 Å². The van der Waals surface area contributed by atoms with Gasteiger partial charge in [-0.25, -0.2) is 0 Å². The van der Waals surface area contributed by atoms with E-state index in [0.717, 1.165) is 34.7 Å². The molecule has 0 unspecified atom stereocenters. The van der Waals surface area contributed by atoms with E-state index in [1.165, 1.54) is 18.7 Å². The highest BCUT2D eigenvalue weighted by molar-refractivity contribution is 9.10. The van der Waals surface area contributed by atoms with Crippen molar-refractivity contribution in [3.63, 3.8) is 0 Å². The Labute approximate surface area is 132 Å². The molecule has 0 aromatic carbocycles. The van der Waals surface area contributed by atoms with E-state index < -0.39 is 0 Å². The number of hydrogen-bond acceptors (Lipinski definition) is 4. The van der Waals surface area contributed by atoms with Gasteiger partial charge in [0.1, 0.15) is 0 Å². The van der Waals surface area contributed by atoms with Gasteiger partial charge in [-0.2, -0.15) is 0 Å². The van der Waals surface area contributed by atoms with Gasteiger partial charge < -0.3 is 10.2 Å². The molecule has 0 saturated carbocycles. The fourth-order valence-electron chi connectivity index (χ4n) is 3.46. The van der Waals surface area contributed by atoms with Crippen molar-refractivity contribution >= 4 is 21.6 Å². The van der Waals surface area contributed by atoms with Gasteiger partial charge in [0.15, 0.2) is 0 Å². The van der Waals surface area contributed by atoms with Crippen LogP contribution in [-0.4, -0.2) is 35.6 Å². The molecule has 2 atom stereocenters. The summed E-state index contributed by atoms with van der Waals surface area (Å²) in [5.74, 6) is 0.777. The minimum atomic E-state index is 0.638. The van der Waals surface area contributed by atoms with Crippen molar-refractivity contribution in [3.8, 4) is 11.3 Å². The first kappa shape index (κ1) is 13.2. The van der Waals surface area contributed by atoms with E-state index >= 15 is 0 Å². The molecule has 0 spiro atoms. The number of fused-ring (bicyclic) bond motifs is 1. The Kier molecular flexibility index (Phi) is 3.39. The third-order valence-corrected chi connectivity index (χ3v) is 4.90. The number of halogens is 1. The van der Waals surface area contributed by atoms with Gasteiger partial charge in [0.25, 0.3) is 0 Å². The SMILES string of the molecule is Brc1cncc(-c2ncccc2N2C[C@H]3CCN[C@H]3C2)c1. The van der Waals surface area contributed by atoms with Crippen molar-refractivity contribution in [2.45, 2.75) is 12.5 Å². The molecule has 2 aromatic rings. The topological polar surface area (TPSA) is 41.1 Å². The van der Waals surface area contributed by atoms with Gasteiger partial charge in [-0.1, -0.05) is 0 Å². The molecule has 21 heavy (non-hydrogen) atoms. The first-order chi connectivity index (χ1) is 10.3. The summed E-state index contributed by atoms with van der Waals surface area (Å²) in [6.07, 6.45) is 6.83. The first-order valence-corrected chi connectivity index (χ1v) is 8.15. The molecule has 2 aliphatic heterocycles. The molecule has 0 bridgehead atoms. The number of rotatable bonds is 2. The Hall–Kier alpha value is -1.46. The van der Waals surface area contributed by atoms with E-state index in [-0.39, 0.29) is 0 Å². The zero-order valence-corrected chi connectivity index (χ0v) is 13.3. The van der Waals surface area contributed by atoms with Crippen LogP contribution in [0, 0.1) is 5.92 Å². The van der Waals surface area contributed by atoms with E-state index in [1.807, 2.05) is 18.5 Å². The van der Waals surface area contributed by atoms with Gasteiger partial charge in [0, 0.05) is 47.8 Å². The maximum Gasteiger partial charge on any atom is 0.0951 e. The van der Waals surface area contributed by atoms with Crippen molar-refractivity contribution in [1.29, 1.82) is 0 Å².